The van der Waals surface area contributed by atoms with Gasteiger partial charge in [0.1, 0.15) is 0 Å². The Morgan fingerprint density at radius 3 is 2.39 bits per heavy atom. The summed E-state index contributed by atoms with van der Waals surface area (Å²) in [5, 5.41) is 7.08. The van der Waals surface area contributed by atoms with Gasteiger partial charge in [0.25, 0.3) is 0 Å². The number of para-hydroxylation sites is 1. The number of benzene rings is 1. The summed E-state index contributed by atoms with van der Waals surface area (Å²) in [6.45, 7) is 7.72. The van der Waals surface area contributed by atoms with Gasteiger partial charge in [0.2, 0.25) is 0 Å². The third-order valence-electron chi connectivity index (χ3n) is 4.89. The van der Waals surface area contributed by atoms with Crippen LogP contribution in [0.3, 0.4) is 0 Å². The van der Waals surface area contributed by atoms with E-state index >= 15 is 0 Å². The molecule has 0 atom stereocenters. The third-order valence-corrected chi connectivity index (χ3v) is 4.89. The van der Waals surface area contributed by atoms with Gasteiger partial charge in [-0.1, -0.05) is 44.9 Å². The monoisotopic (exact) mass is 316 g/mol. The molecule has 128 valence electrons. The molecule has 1 saturated heterocycles. The minimum atomic E-state index is 0.517. The summed E-state index contributed by atoms with van der Waals surface area (Å²) >= 11 is 0. The lowest BCUT2D eigenvalue weighted by atomic mass is 10.0. The van der Waals surface area contributed by atoms with E-state index in [1.165, 1.54) is 18.5 Å². The van der Waals surface area contributed by atoms with Crippen LogP contribution in [0.4, 0.5) is 5.69 Å². The van der Waals surface area contributed by atoms with E-state index < -0.39 is 0 Å². The molecule has 1 heterocycles. The predicted octanol–water partition coefficient (Wildman–Crippen LogP) is 3.26. The fourth-order valence-electron chi connectivity index (χ4n) is 3.13. The summed E-state index contributed by atoms with van der Waals surface area (Å²) in [7, 11) is 1.86. The Labute approximate surface area is 141 Å². The maximum absolute atomic E-state index is 4.38. The molecule has 0 aromatic heterocycles. The molecule has 0 aliphatic carbocycles. The van der Waals surface area contributed by atoms with Crippen LogP contribution in [0, 0.1) is 5.92 Å². The first-order valence-corrected chi connectivity index (χ1v) is 9.04. The largest absolute Gasteiger partial charge is 0.371 e. The van der Waals surface area contributed by atoms with Gasteiger partial charge in [-0.05, 0) is 30.9 Å². The van der Waals surface area contributed by atoms with Gasteiger partial charge in [-0.3, -0.25) is 4.99 Å². The second kappa shape index (κ2) is 9.43. The molecule has 0 saturated carbocycles. The molecule has 0 radical (unpaired) electrons. The summed E-state index contributed by atoms with van der Waals surface area (Å²) < 4.78 is 0. The number of aliphatic imine (C=N–C) groups is 1. The second-order valence-electron chi connectivity index (χ2n) is 6.38. The Kier molecular flexibility index (Phi) is 7.24. The molecule has 0 bridgehead atoms. The van der Waals surface area contributed by atoms with Crippen molar-refractivity contribution < 1.29 is 0 Å². The van der Waals surface area contributed by atoms with Crippen LogP contribution in [-0.2, 0) is 0 Å². The molecule has 1 aliphatic heterocycles. The minimum absolute atomic E-state index is 0.517. The molecule has 1 aromatic rings. The van der Waals surface area contributed by atoms with Gasteiger partial charge in [0.05, 0.1) is 0 Å². The first-order valence-electron chi connectivity index (χ1n) is 9.04. The molecular weight excluding hydrogens is 284 g/mol. The molecule has 0 spiro atoms. The van der Waals surface area contributed by atoms with Crippen LogP contribution < -0.4 is 15.5 Å². The zero-order valence-electron chi connectivity index (χ0n) is 14.9. The van der Waals surface area contributed by atoms with Crippen molar-refractivity contribution >= 4 is 11.6 Å². The number of nitrogens with zero attached hydrogens (tertiary/aromatic N) is 2. The highest BCUT2D eigenvalue weighted by molar-refractivity contribution is 5.80. The molecule has 4 nitrogen and oxygen atoms in total. The van der Waals surface area contributed by atoms with E-state index in [2.05, 4.69) is 64.7 Å². The van der Waals surface area contributed by atoms with Gasteiger partial charge in [-0.25, -0.2) is 0 Å². The van der Waals surface area contributed by atoms with Crippen molar-refractivity contribution in [2.75, 3.05) is 31.6 Å². The SMILES string of the molecule is CCC(CC)CNC(=NC)NC1CCN(c2ccccc2)CC1. The topological polar surface area (TPSA) is 39.7 Å². The first kappa shape index (κ1) is 17.6. The molecule has 4 heteroatoms. The van der Waals surface area contributed by atoms with Crippen LogP contribution in [0.5, 0.6) is 0 Å². The molecule has 1 fully saturated rings. The number of anilines is 1. The normalized spacial score (nSPS) is 16.7. The average molecular weight is 316 g/mol. The highest BCUT2D eigenvalue weighted by Crippen LogP contribution is 2.19. The Hall–Kier alpha value is -1.71. The van der Waals surface area contributed by atoms with Crippen molar-refractivity contribution in [2.45, 2.75) is 45.6 Å². The summed E-state index contributed by atoms with van der Waals surface area (Å²) in [5.41, 5.74) is 1.34. The fourth-order valence-corrected chi connectivity index (χ4v) is 3.13. The Morgan fingerprint density at radius 2 is 1.83 bits per heavy atom. The van der Waals surface area contributed by atoms with Gasteiger partial charge in [-0.2, -0.15) is 0 Å². The summed E-state index contributed by atoms with van der Waals surface area (Å²) in [5.74, 6) is 1.68. The number of hydrogen-bond donors (Lipinski definition) is 2. The zero-order chi connectivity index (χ0) is 16.5. The van der Waals surface area contributed by atoms with Crippen LogP contribution >= 0.6 is 0 Å². The molecule has 23 heavy (non-hydrogen) atoms. The summed E-state index contributed by atoms with van der Waals surface area (Å²) in [6.07, 6.45) is 4.74. The molecule has 2 N–H and O–H groups in total. The minimum Gasteiger partial charge on any atom is -0.371 e. The van der Waals surface area contributed by atoms with Gasteiger partial charge < -0.3 is 15.5 Å². The Bertz CT molecular complexity index is 460. The van der Waals surface area contributed by atoms with Crippen LogP contribution in [0.2, 0.25) is 0 Å². The highest BCUT2D eigenvalue weighted by atomic mass is 15.2. The summed E-state index contributed by atoms with van der Waals surface area (Å²) in [4.78, 5) is 6.85. The smallest absolute Gasteiger partial charge is 0.191 e. The molecule has 1 aliphatic rings. The second-order valence-corrected chi connectivity index (χ2v) is 6.38. The lowest BCUT2D eigenvalue weighted by Crippen LogP contribution is -2.49. The Balaban J connectivity index is 1.76. The number of hydrogen-bond acceptors (Lipinski definition) is 2. The molecule has 0 amide bonds. The number of rotatable bonds is 6. The third kappa shape index (κ3) is 5.45. The molecule has 0 unspecified atom stereocenters. The van der Waals surface area contributed by atoms with Crippen LogP contribution in [0.15, 0.2) is 35.3 Å². The standard InChI is InChI=1S/C19H32N4/c1-4-16(5-2)15-21-19(20-3)22-17-11-13-23(14-12-17)18-9-7-6-8-10-18/h6-10,16-17H,4-5,11-15H2,1-3H3,(H2,20,21,22). The lowest BCUT2D eigenvalue weighted by Gasteiger charge is -2.34. The van der Waals surface area contributed by atoms with Crippen molar-refractivity contribution in [3.8, 4) is 0 Å². The van der Waals surface area contributed by atoms with E-state index in [0.29, 0.717) is 6.04 Å². The fraction of sp³-hybridized carbons (Fsp3) is 0.632. The van der Waals surface area contributed by atoms with E-state index in [1.807, 2.05) is 7.05 Å². The predicted molar refractivity (Wildman–Crippen MR) is 100 cm³/mol. The van der Waals surface area contributed by atoms with Crippen molar-refractivity contribution in [1.29, 1.82) is 0 Å². The Morgan fingerprint density at radius 1 is 1.17 bits per heavy atom. The lowest BCUT2D eigenvalue weighted by molar-refractivity contribution is 0.449. The van der Waals surface area contributed by atoms with E-state index in [-0.39, 0.29) is 0 Å². The van der Waals surface area contributed by atoms with Crippen molar-refractivity contribution in [2.24, 2.45) is 10.9 Å². The van der Waals surface area contributed by atoms with Crippen molar-refractivity contribution in [1.82, 2.24) is 10.6 Å². The van der Waals surface area contributed by atoms with Gasteiger partial charge in [0.15, 0.2) is 5.96 Å². The van der Waals surface area contributed by atoms with E-state index in [1.54, 1.807) is 0 Å². The van der Waals surface area contributed by atoms with Gasteiger partial charge >= 0.3 is 0 Å². The number of piperidine rings is 1. The van der Waals surface area contributed by atoms with Crippen LogP contribution in [0.1, 0.15) is 39.5 Å². The van der Waals surface area contributed by atoms with Gasteiger partial charge in [0, 0.05) is 38.4 Å². The number of nitrogens with one attached hydrogen (secondary N) is 2. The number of guanidine groups is 1. The first-order chi connectivity index (χ1) is 11.3. The van der Waals surface area contributed by atoms with Crippen LogP contribution in [-0.4, -0.2) is 38.7 Å². The van der Waals surface area contributed by atoms with Crippen molar-refractivity contribution in [3.05, 3.63) is 30.3 Å². The molecule has 1 aromatic carbocycles. The molecule has 2 rings (SSSR count). The molecular formula is C19H32N4. The zero-order valence-corrected chi connectivity index (χ0v) is 14.9. The average Bonchev–Trinajstić information content (AvgIpc) is 2.62. The van der Waals surface area contributed by atoms with E-state index in [9.17, 15) is 0 Å². The quantitative estimate of drug-likeness (QED) is 0.625. The maximum Gasteiger partial charge on any atom is 0.191 e. The maximum atomic E-state index is 4.38. The van der Waals surface area contributed by atoms with E-state index in [0.717, 1.165) is 44.4 Å². The van der Waals surface area contributed by atoms with Gasteiger partial charge in [-0.15, -0.1) is 0 Å². The summed E-state index contributed by atoms with van der Waals surface area (Å²) in [6, 6.07) is 11.2. The van der Waals surface area contributed by atoms with E-state index in [4.69, 9.17) is 0 Å². The van der Waals surface area contributed by atoms with Crippen LogP contribution in [0.25, 0.3) is 0 Å². The van der Waals surface area contributed by atoms with Crippen molar-refractivity contribution in [3.63, 3.8) is 0 Å². The highest BCUT2D eigenvalue weighted by Gasteiger charge is 2.20.